The SMILES string of the molecule is Cc1[nH]c2ccc(F)cc2c1CC(=O)N(C)Cc1cccnc1. The molecule has 0 saturated heterocycles. The number of rotatable bonds is 4. The Morgan fingerprint density at radius 3 is 2.91 bits per heavy atom. The summed E-state index contributed by atoms with van der Waals surface area (Å²) in [4.78, 5) is 21.4. The molecule has 0 aliphatic rings. The number of H-pyrrole nitrogens is 1. The predicted molar refractivity (Wildman–Crippen MR) is 87.4 cm³/mol. The summed E-state index contributed by atoms with van der Waals surface area (Å²) in [5.41, 5.74) is 3.57. The number of hydrogen-bond acceptors (Lipinski definition) is 2. The Hall–Kier alpha value is -2.69. The fourth-order valence-electron chi connectivity index (χ4n) is 2.72. The molecule has 0 atom stereocenters. The van der Waals surface area contributed by atoms with E-state index in [-0.39, 0.29) is 18.1 Å². The van der Waals surface area contributed by atoms with E-state index in [2.05, 4.69) is 9.97 Å². The number of amides is 1. The topological polar surface area (TPSA) is 49.0 Å². The highest BCUT2D eigenvalue weighted by Crippen LogP contribution is 2.24. The van der Waals surface area contributed by atoms with Gasteiger partial charge in [-0.3, -0.25) is 9.78 Å². The zero-order valence-electron chi connectivity index (χ0n) is 13.1. The van der Waals surface area contributed by atoms with E-state index in [1.807, 2.05) is 19.1 Å². The standard InChI is InChI=1S/C18H18FN3O/c1-12-15(16-8-14(19)5-6-17(16)21-12)9-18(23)22(2)11-13-4-3-7-20-10-13/h3-8,10,21H,9,11H2,1-2H3. The van der Waals surface area contributed by atoms with E-state index in [0.29, 0.717) is 6.54 Å². The summed E-state index contributed by atoms with van der Waals surface area (Å²) in [7, 11) is 1.76. The second-order valence-electron chi connectivity index (χ2n) is 5.71. The first-order valence-electron chi connectivity index (χ1n) is 7.44. The number of likely N-dealkylation sites (N-methyl/N-ethyl adjacent to an activating group) is 1. The molecule has 2 aromatic heterocycles. The third kappa shape index (κ3) is 3.23. The van der Waals surface area contributed by atoms with Gasteiger partial charge in [0.1, 0.15) is 5.82 Å². The minimum atomic E-state index is -0.297. The third-order valence-electron chi connectivity index (χ3n) is 3.98. The summed E-state index contributed by atoms with van der Waals surface area (Å²) >= 11 is 0. The highest BCUT2D eigenvalue weighted by atomic mass is 19.1. The van der Waals surface area contributed by atoms with Gasteiger partial charge in [0.15, 0.2) is 0 Å². The van der Waals surface area contributed by atoms with Gasteiger partial charge in [0.2, 0.25) is 5.91 Å². The lowest BCUT2D eigenvalue weighted by Gasteiger charge is -2.17. The molecule has 5 heteroatoms. The van der Waals surface area contributed by atoms with Crippen molar-refractivity contribution in [1.29, 1.82) is 0 Å². The maximum atomic E-state index is 13.5. The fraction of sp³-hybridized carbons (Fsp3) is 0.222. The maximum absolute atomic E-state index is 13.5. The first kappa shape index (κ1) is 15.2. The molecule has 0 fully saturated rings. The van der Waals surface area contributed by atoms with E-state index in [4.69, 9.17) is 0 Å². The number of carbonyl (C=O) groups excluding carboxylic acids is 1. The number of hydrogen-bond donors (Lipinski definition) is 1. The number of fused-ring (bicyclic) bond motifs is 1. The third-order valence-corrected chi connectivity index (χ3v) is 3.98. The Kier molecular flexibility index (Phi) is 4.10. The van der Waals surface area contributed by atoms with Crippen molar-refractivity contribution in [2.24, 2.45) is 0 Å². The molecule has 4 nitrogen and oxygen atoms in total. The van der Waals surface area contributed by atoms with Gasteiger partial charge in [-0.05, 0) is 42.3 Å². The molecule has 1 amide bonds. The number of nitrogens with one attached hydrogen (secondary N) is 1. The summed E-state index contributed by atoms with van der Waals surface area (Å²) in [5, 5.41) is 0.769. The van der Waals surface area contributed by atoms with Crippen molar-refractivity contribution in [2.75, 3.05) is 7.05 Å². The van der Waals surface area contributed by atoms with Crippen LogP contribution in [0.25, 0.3) is 10.9 Å². The smallest absolute Gasteiger partial charge is 0.227 e. The molecule has 1 N–H and O–H groups in total. The molecule has 0 aliphatic carbocycles. The largest absolute Gasteiger partial charge is 0.358 e. The number of aryl methyl sites for hydroxylation is 1. The van der Waals surface area contributed by atoms with Crippen LogP contribution in [0.4, 0.5) is 4.39 Å². The molecule has 3 aromatic rings. The first-order chi connectivity index (χ1) is 11.0. The number of aromatic amines is 1. The fourth-order valence-corrected chi connectivity index (χ4v) is 2.72. The van der Waals surface area contributed by atoms with Gasteiger partial charge in [0.25, 0.3) is 0 Å². The summed E-state index contributed by atoms with van der Waals surface area (Å²) in [6, 6.07) is 8.37. The molecule has 0 bridgehead atoms. The molecule has 118 valence electrons. The summed E-state index contributed by atoms with van der Waals surface area (Å²) in [6.45, 7) is 2.41. The van der Waals surface area contributed by atoms with Gasteiger partial charge in [-0.15, -0.1) is 0 Å². The maximum Gasteiger partial charge on any atom is 0.227 e. The number of nitrogens with zero attached hydrogens (tertiary/aromatic N) is 2. The molecule has 2 heterocycles. The van der Waals surface area contributed by atoms with E-state index >= 15 is 0 Å². The first-order valence-corrected chi connectivity index (χ1v) is 7.44. The molecule has 1 aromatic carbocycles. The van der Waals surface area contributed by atoms with Gasteiger partial charge in [-0.25, -0.2) is 4.39 Å². The normalized spacial score (nSPS) is 10.9. The Balaban J connectivity index is 1.80. The van der Waals surface area contributed by atoms with Crippen molar-refractivity contribution in [3.05, 3.63) is 65.4 Å². The number of benzene rings is 1. The zero-order chi connectivity index (χ0) is 16.4. The highest BCUT2D eigenvalue weighted by molar-refractivity contribution is 5.90. The lowest BCUT2D eigenvalue weighted by Crippen LogP contribution is -2.27. The van der Waals surface area contributed by atoms with E-state index in [1.54, 1.807) is 30.4 Å². The molecule has 23 heavy (non-hydrogen) atoms. The van der Waals surface area contributed by atoms with Crippen molar-refractivity contribution in [3.8, 4) is 0 Å². The number of aromatic nitrogens is 2. The Morgan fingerprint density at radius 1 is 1.35 bits per heavy atom. The van der Waals surface area contributed by atoms with Crippen LogP contribution in [0.3, 0.4) is 0 Å². The monoisotopic (exact) mass is 311 g/mol. The molecule has 0 spiro atoms. The minimum Gasteiger partial charge on any atom is -0.358 e. The van der Waals surface area contributed by atoms with Crippen LogP contribution in [-0.2, 0) is 17.8 Å². The van der Waals surface area contributed by atoms with Crippen LogP contribution in [0.15, 0.2) is 42.7 Å². The molecular formula is C18H18FN3O. The second kappa shape index (κ2) is 6.20. The molecular weight excluding hydrogens is 293 g/mol. The predicted octanol–water partition coefficient (Wildman–Crippen LogP) is 3.21. The Labute approximate surface area is 134 Å². The molecule has 0 saturated carbocycles. The van der Waals surface area contributed by atoms with Crippen LogP contribution < -0.4 is 0 Å². The van der Waals surface area contributed by atoms with Gasteiger partial charge in [0.05, 0.1) is 6.42 Å². The van der Waals surface area contributed by atoms with Gasteiger partial charge < -0.3 is 9.88 Å². The van der Waals surface area contributed by atoms with Gasteiger partial charge >= 0.3 is 0 Å². The van der Waals surface area contributed by atoms with E-state index < -0.39 is 0 Å². The summed E-state index contributed by atoms with van der Waals surface area (Å²) < 4.78 is 13.5. The van der Waals surface area contributed by atoms with Crippen molar-refractivity contribution in [1.82, 2.24) is 14.9 Å². The zero-order valence-corrected chi connectivity index (χ0v) is 13.1. The average Bonchev–Trinajstić information content (AvgIpc) is 2.84. The van der Waals surface area contributed by atoms with E-state index in [1.165, 1.54) is 12.1 Å². The van der Waals surface area contributed by atoms with Crippen molar-refractivity contribution in [3.63, 3.8) is 0 Å². The Bertz CT molecular complexity index is 842. The molecule has 0 aliphatic heterocycles. The Morgan fingerprint density at radius 2 is 2.17 bits per heavy atom. The van der Waals surface area contributed by atoms with Crippen LogP contribution in [0.2, 0.25) is 0 Å². The van der Waals surface area contributed by atoms with Gasteiger partial charge in [0, 0.05) is 42.6 Å². The van der Waals surface area contributed by atoms with Gasteiger partial charge in [-0.2, -0.15) is 0 Å². The molecule has 0 unspecified atom stereocenters. The minimum absolute atomic E-state index is 0.0119. The average molecular weight is 311 g/mol. The van der Waals surface area contributed by atoms with Crippen molar-refractivity contribution in [2.45, 2.75) is 19.9 Å². The van der Waals surface area contributed by atoms with E-state index in [9.17, 15) is 9.18 Å². The summed E-state index contributed by atoms with van der Waals surface area (Å²) in [5.74, 6) is -0.309. The van der Waals surface area contributed by atoms with Crippen LogP contribution in [-0.4, -0.2) is 27.8 Å². The van der Waals surface area contributed by atoms with E-state index in [0.717, 1.165) is 27.7 Å². The van der Waals surface area contributed by atoms with Gasteiger partial charge in [-0.1, -0.05) is 6.07 Å². The number of pyridine rings is 1. The van der Waals surface area contributed by atoms with Crippen LogP contribution in [0, 0.1) is 12.7 Å². The second-order valence-corrected chi connectivity index (χ2v) is 5.71. The highest BCUT2D eigenvalue weighted by Gasteiger charge is 2.16. The van der Waals surface area contributed by atoms with Crippen molar-refractivity contribution < 1.29 is 9.18 Å². The van der Waals surface area contributed by atoms with Crippen LogP contribution in [0.5, 0.6) is 0 Å². The number of carbonyl (C=O) groups is 1. The quantitative estimate of drug-likeness (QED) is 0.804. The summed E-state index contributed by atoms with van der Waals surface area (Å²) in [6.07, 6.45) is 3.69. The molecule has 3 rings (SSSR count). The lowest BCUT2D eigenvalue weighted by atomic mass is 10.1. The number of halogens is 1. The van der Waals surface area contributed by atoms with Crippen LogP contribution >= 0.6 is 0 Å². The molecule has 0 radical (unpaired) electrons. The van der Waals surface area contributed by atoms with Crippen LogP contribution in [0.1, 0.15) is 16.8 Å². The lowest BCUT2D eigenvalue weighted by molar-refractivity contribution is -0.129. The van der Waals surface area contributed by atoms with Crippen molar-refractivity contribution >= 4 is 16.8 Å².